The molecule has 6 heteroatoms. The highest BCUT2D eigenvalue weighted by atomic mass is 19.1. The number of aliphatic imine (C=N–C) groups is 1. The van der Waals surface area contributed by atoms with Gasteiger partial charge in [0.15, 0.2) is 11.7 Å². The van der Waals surface area contributed by atoms with Gasteiger partial charge in [0.2, 0.25) is 0 Å². The van der Waals surface area contributed by atoms with Crippen LogP contribution in [0.2, 0.25) is 0 Å². The molecule has 2 aliphatic rings. The Morgan fingerprint density at radius 1 is 1.35 bits per heavy atom. The first-order valence-corrected chi connectivity index (χ1v) is 5.90. The number of amidine groups is 2. The lowest BCUT2D eigenvalue weighted by Gasteiger charge is -2.22. The lowest BCUT2D eigenvalue weighted by molar-refractivity contribution is -0.114. The van der Waals surface area contributed by atoms with Crippen molar-refractivity contribution in [3.8, 4) is 0 Å². The molecule has 0 saturated heterocycles. The zero-order valence-electron chi connectivity index (χ0n) is 10.6. The SMILES string of the molecule is CC1=CC2=NC(=O)/C(=C\c3ccc(F)cc3)C(=N)N2O1. The predicted octanol–water partition coefficient (Wildman–Crippen LogP) is 2.28. The molecular weight excluding hydrogens is 261 g/mol. The summed E-state index contributed by atoms with van der Waals surface area (Å²) in [5.41, 5.74) is 0.713. The van der Waals surface area contributed by atoms with Crippen molar-refractivity contribution in [3.63, 3.8) is 0 Å². The maximum absolute atomic E-state index is 12.9. The van der Waals surface area contributed by atoms with Crippen LogP contribution in [0.3, 0.4) is 0 Å². The Hall–Kier alpha value is -2.76. The highest BCUT2D eigenvalue weighted by Crippen LogP contribution is 2.23. The molecule has 1 amide bonds. The third kappa shape index (κ3) is 2.01. The van der Waals surface area contributed by atoms with E-state index in [4.69, 9.17) is 10.2 Å². The summed E-state index contributed by atoms with van der Waals surface area (Å²) in [6, 6.07) is 5.62. The first kappa shape index (κ1) is 12.3. The Labute approximate surface area is 114 Å². The molecule has 3 rings (SSSR count). The maximum Gasteiger partial charge on any atom is 0.282 e. The number of hydrogen-bond donors (Lipinski definition) is 1. The standard InChI is InChI=1S/C14H10FN3O2/c1-8-6-12-17-14(19)11(13(16)18(12)20-8)7-9-2-4-10(15)5-3-9/h2-7,16H,1H3/b11-7-,16-13?. The molecule has 20 heavy (non-hydrogen) atoms. The van der Waals surface area contributed by atoms with E-state index < -0.39 is 5.91 Å². The lowest BCUT2D eigenvalue weighted by Crippen LogP contribution is -2.38. The summed E-state index contributed by atoms with van der Waals surface area (Å²) in [6.07, 6.45) is 3.07. The molecule has 0 aliphatic carbocycles. The summed E-state index contributed by atoms with van der Waals surface area (Å²) in [4.78, 5) is 21.1. The molecular formula is C14H10FN3O2. The van der Waals surface area contributed by atoms with E-state index in [0.717, 1.165) is 0 Å². The minimum absolute atomic E-state index is 0.0857. The smallest absolute Gasteiger partial charge is 0.282 e. The van der Waals surface area contributed by atoms with Crippen LogP contribution in [0, 0.1) is 11.2 Å². The number of rotatable bonds is 1. The monoisotopic (exact) mass is 271 g/mol. The van der Waals surface area contributed by atoms with E-state index in [1.165, 1.54) is 35.4 Å². The Bertz CT molecular complexity index is 702. The fourth-order valence-electron chi connectivity index (χ4n) is 1.93. The van der Waals surface area contributed by atoms with Crippen LogP contribution in [0.5, 0.6) is 0 Å². The van der Waals surface area contributed by atoms with E-state index in [-0.39, 0.29) is 17.2 Å². The van der Waals surface area contributed by atoms with Gasteiger partial charge in [-0.15, -0.1) is 5.06 Å². The second kappa shape index (κ2) is 4.41. The summed E-state index contributed by atoms with van der Waals surface area (Å²) in [6.45, 7) is 1.71. The number of hydroxylamine groups is 2. The van der Waals surface area contributed by atoms with Gasteiger partial charge in [0, 0.05) is 6.08 Å². The number of nitrogens with one attached hydrogen (secondary N) is 1. The van der Waals surface area contributed by atoms with Crippen molar-refractivity contribution in [2.45, 2.75) is 6.92 Å². The molecule has 1 aromatic rings. The van der Waals surface area contributed by atoms with Crippen molar-refractivity contribution in [3.05, 3.63) is 53.1 Å². The van der Waals surface area contributed by atoms with E-state index in [1.807, 2.05) is 0 Å². The van der Waals surface area contributed by atoms with Crippen LogP contribution in [0.25, 0.3) is 6.08 Å². The zero-order valence-corrected chi connectivity index (χ0v) is 10.6. The van der Waals surface area contributed by atoms with Crippen LogP contribution in [0.15, 0.2) is 46.7 Å². The second-order valence-electron chi connectivity index (χ2n) is 4.37. The van der Waals surface area contributed by atoms with Crippen molar-refractivity contribution < 1.29 is 14.0 Å². The molecule has 0 radical (unpaired) electrons. The molecule has 0 unspecified atom stereocenters. The van der Waals surface area contributed by atoms with Crippen LogP contribution >= 0.6 is 0 Å². The molecule has 0 saturated carbocycles. The van der Waals surface area contributed by atoms with Gasteiger partial charge in [-0.1, -0.05) is 12.1 Å². The molecule has 0 aromatic heterocycles. The third-order valence-corrected chi connectivity index (χ3v) is 2.86. The minimum atomic E-state index is -0.514. The van der Waals surface area contributed by atoms with Crippen LogP contribution < -0.4 is 0 Å². The van der Waals surface area contributed by atoms with Gasteiger partial charge >= 0.3 is 0 Å². The van der Waals surface area contributed by atoms with E-state index in [9.17, 15) is 9.18 Å². The average molecular weight is 271 g/mol. The molecule has 2 heterocycles. The molecule has 2 aliphatic heterocycles. The molecule has 0 atom stereocenters. The first-order valence-electron chi connectivity index (χ1n) is 5.90. The minimum Gasteiger partial charge on any atom is -0.376 e. The average Bonchev–Trinajstić information content (AvgIpc) is 2.77. The van der Waals surface area contributed by atoms with Crippen LogP contribution in [0.1, 0.15) is 12.5 Å². The number of hydrogen-bond acceptors (Lipinski definition) is 3. The van der Waals surface area contributed by atoms with Gasteiger partial charge in [0.05, 0.1) is 5.57 Å². The van der Waals surface area contributed by atoms with Gasteiger partial charge in [-0.2, -0.15) is 4.99 Å². The maximum atomic E-state index is 12.9. The summed E-state index contributed by atoms with van der Waals surface area (Å²) >= 11 is 0. The van der Waals surface area contributed by atoms with E-state index in [0.29, 0.717) is 17.2 Å². The zero-order chi connectivity index (χ0) is 14.3. The molecule has 0 fully saturated rings. The fourth-order valence-corrected chi connectivity index (χ4v) is 1.93. The number of benzene rings is 1. The summed E-state index contributed by atoms with van der Waals surface area (Å²) < 4.78 is 12.9. The number of amides is 1. The van der Waals surface area contributed by atoms with Gasteiger partial charge in [0.25, 0.3) is 5.91 Å². The highest BCUT2D eigenvalue weighted by Gasteiger charge is 2.34. The summed E-state index contributed by atoms with van der Waals surface area (Å²) in [5.74, 6) is -0.101. The molecule has 100 valence electrons. The quantitative estimate of drug-likeness (QED) is 0.797. The summed E-state index contributed by atoms with van der Waals surface area (Å²) in [5, 5.41) is 9.20. The molecule has 1 N–H and O–H groups in total. The Balaban J connectivity index is 1.98. The van der Waals surface area contributed by atoms with Gasteiger partial charge in [-0.05, 0) is 30.7 Å². The van der Waals surface area contributed by atoms with Crippen LogP contribution in [0.4, 0.5) is 4.39 Å². The van der Waals surface area contributed by atoms with Gasteiger partial charge in [0.1, 0.15) is 11.6 Å². The van der Waals surface area contributed by atoms with Crippen molar-refractivity contribution in [2.75, 3.05) is 0 Å². The Kier molecular flexibility index (Phi) is 2.71. The number of carbonyl (C=O) groups excluding carboxylic acids is 1. The van der Waals surface area contributed by atoms with Crippen molar-refractivity contribution in [1.29, 1.82) is 5.41 Å². The number of carbonyl (C=O) groups is 1. The lowest BCUT2D eigenvalue weighted by atomic mass is 10.1. The van der Waals surface area contributed by atoms with E-state index in [1.54, 1.807) is 13.0 Å². The van der Waals surface area contributed by atoms with Gasteiger partial charge < -0.3 is 4.84 Å². The van der Waals surface area contributed by atoms with Gasteiger partial charge in [-0.25, -0.2) is 4.39 Å². The number of allylic oxidation sites excluding steroid dienone is 1. The Morgan fingerprint density at radius 2 is 2.05 bits per heavy atom. The van der Waals surface area contributed by atoms with Crippen LogP contribution in [-0.4, -0.2) is 22.6 Å². The number of halogens is 1. The third-order valence-electron chi connectivity index (χ3n) is 2.86. The molecule has 1 aromatic carbocycles. The topological polar surface area (TPSA) is 65.8 Å². The largest absolute Gasteiger partial charge is 0.376 e. The molecule has 0 bridgehead atoms. The second-order valence-corrected chi connectivity index (χ2v) is 4.37. The molecule has 5 nitrogen and oxygen atoms in total. The van der Waals surface area contributed by atoms with Crippen molar-refractivity contribution >= 4 is 23.7 Å². The van der Waals surface area contributed by atoms with Crippen molar-refractivity contribution in [2.24, 2.45) is 4.99 Å². The van der Waals surface area contributed by atoms with Crippen LogP contribution in [-0.2, 0) is 9.63 Å². The van der Waals surface area contributed by atoms with Gasteiger partial charge in [-0.3, -0.25) is 10.2 Å². The Morgan fingerprint density at radius 3 is 2.75 bits per heavy atom. The predicted molar refractivity (Wildman–Crippen MR) is 71.2 cm³/mol. The fraction of sp³-hybridized carbons (Fsp3) is 0.0714. The van der Waals surface area contributed by atoms with E-state index in [2.05, 4.69) is 4.99 Å². The normalized spacial score (nSPS) is 19.7. The van der Waals surface area contributed by atoms with E-state index >= 15 is 0 Å². The number of nitrogens with zero attached hydrogens (tertiary/aromatic N) is 2. The van der Waals surface area contributed by atoms with Crippen molar-refractivity contribution in [1.82, 2.24) is 5.06 Å². The first-order chi connectivity index (χ1) is 9.54. The molecule has 0 spiro atoms. The highest BCUT2D eigenvalue weighted by molar-refractivity contribution is 6.32. The number of fused-ring (bicyclic) bond motifs is 1. The summed E-state index contributed by atoms with van der Waals surface area (Å²) in [7, 11) is 0.